The number of ether oxygens (including phenoxy) is 1. The number of methoxy groups -OCH3 is 1. The van der Waals surface area contributed by atoms with Crippen LogP contribution in [0.5, 0.6) is 0 Å². The van der Waals surface area contributed by atoms with Crippen molar-refractivity contribution in [1.29, 1.82) is 0 Å². The number of carbonyl (C=O) groups is 4. The summed E-state index contributed by atoms with van der Waals surface area (Å²) in [6.45, 7) is 0.365. The fourth-order valence-corrected chi connectivity index (χ4v) is 1.30. The molecule has 4 amide bonds. The molecule has 0 unspecified atom stereocenters. The van der Waals surface area contributed by atoms with Gasteiger partial charge in [-0.05, 0) is 0 Å². The molecule has 21 heavy (non-hydrogen) atoms. The summed E-state index contributed by atoms with van der Waals surface area (Å²) < 4.78 is 4.74. The third kappa shape index (κ3) is 8.42. The number of carbonyl (C=O) groups excluding carboxylic acids is 3. The van der Waals surface area contributed by atoms with Gasteiger partial charge in [-0.1, -0.05) is 0 Å². The molecule has 0 radical (unpaired) electrons. The van der Waals surface area contributed by atoms with Gasteiger partial charge in [-0.15, -0.1) is 0 Å². The summed E-state index contributed by atoms with van der Waals surface area (Å²) in [7, 11) is 2.80. The smallest absolute Gasteiger partial charge is 0.326 e. The second-order valence-electron chi connectivity index (χ2n) is 4.21. The molecule has 120 valence electrons. The molecule has 0 rings (SSSR count). The Balaban J connectivity index is 4.32. The second kappa shape index (κ2) is 9.53. The maximum Gasteiger partial charge on any atom is 0.326 e. The first-order chi connectivity index (χ1) is 9.77. The van der Waals surface area contributed by atoms with Crippen LogP contribution in [0.1, 0.15) is 6.42 Å². The van der Waals surface area contributed by atoms with Gasteiger partial charge >= 0.3 is 12.0 Å². The third-order valence-corrected chi connectivity index (χ3v) is 2.36. The third-order valence-electron chi connectivity index (χ3n) is 2.36. The van der Waals surface area contributed by atoms with E-state index in [0.29, 0.717) is 13.2 Å². The maximum absolute atomic E-state index is 11.7. The number of primary amides is 1. The molecule has 0 heterocycles. The average molecular weight is 304 g/mol. The lowest BCUT2D eigenvalue weighted by Gasteiger charge is -2.20. The van der Waals surface area contributed by atoms with Crippen molar-refractivity contribution in [3.8, 4) is 0 Å². The molecule has 0 aromatic rings. The molecule has 1 atom stereocenters. The summed E-state index contributed by atoms with van der Waals surface area (Å²) in [6, 6.07) is -2.24. The topological polar surface area (TPSA) is 151 Å². The number of aliphatic carboxylic acids is 1. The molecule has 10 nitrogen and oxygen atoms in total. The van der Waals surface area contributed by atoms with Gasteiger partial charge in [-0.3, -0.25) is 9.59 Å². The van der Waals surface area contributed by atoms with Crippen molar-refractivity contribution >= 4 is 23.8 Å². The Morgan fingerprint density at radius 1 is 1.33 bits per heavy atom. The molecule has 0 aliphatic rings. The lowest BCUT2D eigenvalue weighted by molar-refractivity contribution is -0.140. The first kappa shape index (κ1) is 18.6. The number of hydrogen-bond donors (Lipinski definition) is 4. The van der Waals surface area contributed by atoms with Gasteiger partial charge in [0.25, 0.3) is 0 Å². The van der Waals surface area contributed by atoms with Crippen LogP contribution in [0.25, 0.3) is 0 Å². The van der Waals surface area contributed by atoms with Gasteiger partial charge in [0, 0.05) is 20.7 Å². The summed E-state index contributed by atoms with van der Waals surface area (Å²) in [5, 5.41) is 13.4. The fraction of sp³-hybridized carbons (Fsp3) is 0.636. The molecule has 5 N–H and O–H groups in total. The number of carboxylic acids is 1. The highest BCUT2D eigenvalue weighted by Gasteiger charge is 2.24. The Morgan fingerprint density at radius 2 is 1.95 bits per heavy atom. The highest BCUT2D eigenvalue weighted by atomic mass is 16.5. The minimum Gasteiger partial charge on any atom is -0.480 e. The number of carboxylic acid groups (broad SMARTS) is 1. The van der Waals surface area contributed by atoms with Crippen LogP contribution in [0.15, 0.2) is 0 Å². The number of nitrogens with one attached hydrogen (secondary N) is 2. The predicted octanol–water partition coefficient (Wildman–Crippen LogP) is -2.28. The zero-order valence-electron chi connectivity index (χ0n) is 11.9. The molecule has 10 heteroatoms. The number of urea groups is 1. The van der Waals surface area contributed by atoms with Crippen molar-refractivity contribution in [3.05, 3.63) is 0 Å². The fourth-order valence-electron chi connectivity index (χ4n) is 1.30. The summed E-state index contributed by atoms with van der Waals surface area (Å²) in [6.07, 6.45) is -0.533. The molecule has 0 saturated heterocycles. The first-order valence-corrected chi connectivity index (χ1v) is 6.06. The molecule has 0 aromatic carbocycles. The van der Waals surface area contributed by atoms with E-state index in [4.69, 9.17) is 15.6 Å². The zero-order chi connectivity index (χ0) is 16.4. The Hall–Kier alpha value is -2.36. The largest absolute Gasteiger partial charge is 0.480 e. The molecule has 0 spiro atoms. The van der Waals surface area contributed by atoms with Gasteiger partial charge in [0.1, 0.15) is 12.6 Å². The van der Waals surface area contributed by atoms with E-state index >= 15 is 0 Å². The average Bonchev–Trinajstić information content (AvgIpc) is 2.37. The number of nitrogens with two attached hydrogens (primary N) is 1. The van der Waals surface area contributed by atoms with Crippen molar-refractivity contribution in [1.82, 2.24) is 15.5 Å². The highest BCUT2D eigenvalue weighted by Crippen LogP contribution is 1.94. The van der Waals surface area contributed by atoms with Crippen LogP contribution in [0.2, 0.25) is 0 Å². The number of likely N-dealkylation sites (N-methyl/N-ethyl adjacent to an activating group) is 1. The first-order valence-electron chi connectivity index (χ1n) is 6.06. The molecule has 0 aliphatic carbocycles. The van der Waals surface area contributed by atoms with Crippen molar-refractivity contribution in [2.24, 2.45) is 5.73 Å². The Labute approximate surface area is 121 Å². The van der Waals surface area contributed by atoms with Crippen LogP contribution >= 0.6 is 0 Å². The number of rotatable bonds is 9. The number of hydrogen-bond acceptors (Lipinski definition) is 5. The van der Waals surface area contributed by atoms with Gasteiger partial charge in [0.15, 0.2) is 0 Å². The second-order valence-corrected chi connectivity index (χ2v) is 4.21. The van der Waals surface area contributed by atoms with E-state index in [1.807, 2.05) is 0 Å². The van der Waals surface area contributed by atoms with Gasteiger partial charge in [-0.25, -0.2) is 9.59 Å². The van der Waals surface area contributed by atoms with E-state index in [2.05, 4.69) is 10.6 Å². The SMILES string of the molecule is COCCNC(=O)CN(C)C(=O)N[C@@H](CC(N)=O)C(=O)O. The van der Waals surface area contributed by atoms with E-state index in [9.17, 15) is 19.2 Å². The molecular weight excluding hydrogens is 284 g/mol. The van der Waals surface area contributed by atoms with Gasteiger partial charge in [0.2, 0.25) is 11.8 Å². The van der Waals surface area contributed by atoms with Crippen LogP contribution in [0.3, 0.4) is 0 Å². The lowest BCUT2D eigenvalue weighted by atomic mass is 10.2. The summed E-state index contributed by atoms with van der Waals surface area (Å²) >= 11 is 0. The van der Waals surface area contributed by atoms with E-state index in [0.717, 1.165) is 4.90 Å². The van der Waals surface area contributed by atoms with Crippen molar-refractivity contribution in [2.45, 2.75) is 12.5 Å². The van der Waals surface area contributed by atoms with Crippen LogP contribution in [-0.4, -0.2) is 73.7 Å². The van der Waals surface area contributed by atoms with E-state index < -0.39 is 36.3 Å². The molecule has 0 fully saturated rings. The van der Waals surface area contributed by atoms with Crippen LogP contribution < -0.4 is 16.4 Å². The van der Waals surface area contributed by atoms with Gasteiger partial charge in [0.05, 0.1) is 13.0 Å². The van der Waals surface area contributed by atoms with Crippen molar-refractivity contribution in [3.63, 3.8) is 0 Å². The van der Waals surface area contributed by atoms with Crippen molar-refractivity contribution in [2.75, 3.05) is 33.9 Å². The Morgan fingerprint density at radius 3 is 2.43 bits per heavy atom. The van der Waals surface area contributed by atoms with E-state index in [1.54, 1.807) is 0 Å². The monoisotopic (exact) mass is 304 g/mol. The minimum atomic E-state index is -1.44. The van der Waals surface area contributed by atoms with Gasteiger partial charge in [-0.2, -0.15) is 0 Å². The number of amides is 4. The zero-order valence-corrected chi connectivity index (χ0v) is 11.9. The summed E-state index contributed by atoms with van der Waals surface area (Å²) in [5.74, 6) is -2.67. The van der Waals surface area contributed by atoms with E-state index in [1.165, 1.54) is 14.2 Å². The molecule has 0 aromatic heterocycles. The highest BCUT2D eigenvalue weighted by molar-refractivity contribution is 5.89. The van der Waals surface area contributed by atoms with Crippen LogP contribution in [0, 0.1) is 0 Å². The van der Waals surface area contributed by atoms with Crippen LogP contribution in [0.4, 0.5) is 4.79 Å². The van der Waals surface area contributed by atoms with Crippen molar-refractivity contribution < 1.29 is 29.0 Å². The van der Waals surface area contributed by atoms with E-state index in [-0.39, 0.29) is 6.54 Å². The molecular formula is C11H20N4O6. The Bertz CT molecular complexity index is 400. The van der Waals surface area contributed by atoms with Gasteiger partial charge < -0.3 is 31.1 Å². The standard InChI is InChI=1S/C11H20N4O6/c1-15(6-9(17)13-3-4-21-2)11(20)14-7(10(18)19)5-8(12)16/h7H,3-6H2,1-2H3,(H2,12,16)(H,13,17)(H,14,20)(H,18,19)/t7-/m0/s1. The summed E-state index contributed by atoms with van der Waals surface area (Å²) in [5.41, 5.74) is 4.89. The van der Waals surface area contributed by atoms with Crippen LogP contribution in [-0.2, 0) is 19.1 Å². The molecule has 0 aliphatic heterocycles. The number of nitrogens with zero attached hydrogens (tertiary/aromatic N) is 1. The molecule has 0 saturated carbocycles. The lowest BCUT2D eigenvalue weighted by Crippen LogP contribution is -2.50. The minimum absolute atomic E-state index is 0.265. The predicted molar refractivity (Wildman–Crippen MR) is 71.3 cm³/mol. The Kier molecular flexibility index (Phi) is 8.46. The summed E-state index contributed by atoms with van der Waals surface area (Å²) in [4.78, 5) is 45.7. The maximum atomic E-state index is 11.7. The molecule has 0 bridgehead atoms. The quantitative estimate of drug-likeness (QED) is 0.352. The normalized spacial score (nSPS) is 11.3.